The van der Waals surface area contributed by atoms with Crippen molar-refractivity contribution >= 4 is 23.5 Å². The Morgan fingerprint density at radius 1 is 1.38 bits per heavy atom. The first-order valence-corrected chi connectivity index (χ1v) is 10.1. The van der Waals surface area contributed by atoms with Crippen molar-refractivity contribution in [1.29, 1.82) is 0 Å². The summed E-state index contributed by atoms with van der Waals surface area (Å²) >= 11 is 0. The van der Waals surface area contributed by atoms with Gasteiger partial charge >= 0.3 is 0 Å². The Bertz CT molecular complexity index is 748. The van der Waals surface area contributed by atoms with Crippen LogP contribution in [0.5, 0.6) is 0 Å². The van der Waals surface area contributed by atoms with Gasteiger partial charge in [-0.2, -0.15) is 0 Å². The molecule has 158 valence electrons. The molecule has 1 saturated carbocycles. The minimum atomic E-state index is -0.401. The van der Waals surface area contributed by atoms with Crippen molar-refractivity contribution < 1.29 is 19.3 Å². The molecular weight excluding hydrogens is 376 g/mol. The number of rotatable bonds is 7. The van der Waals surface area contributed by atoms with Gasteiger partial charge in [-0.25, -0.2) is 0 Å². The van der Waals surface area contributed by atoms with E-state index < -0.39 is 4.92 Å². The molecule has 9 heteroatoms. The van der Waals surface area contributed by atoms with Gasteiger partial charge in [-0.05, 0) is 24.8 Å². The third-order valence-corrected chi connectivity index (χ3v) is 5.48. The summed E-state index contributed by atoms with van der Waals surface area (Å²) in [6.45, 7) is 4.31. The summed E-state index contributed by atoms with van der Waals surface area (Å²) < 4.78 is 5.30. The third-order valence-electron chi connectivity index (χ3n) is 5.48. The van der Waals surface area contributed by atoms with Crippen molar-refractivity contribution in [1.82, 2.24) is 5.32 Å². The predicted molar refractivity (Wildman–Crippen MR) is 109 cm³/mol. The fourth-order valence-electron chi connectivity index (χ4n) is 3.81. The molecular formula is C20H28N4O5. The number of nitrogens with one attached hydrogen (secondary N) is 1. The van der Waals surface area contributed by atoms with Gasteiger partial charge in [-0.15, -0.1) is 0 Å². The number of amides is 1. The highest BCUT2D eigenvalue weighted by Gasteiger charge is 2.23. The molecule has 1 amide bonds. The van der Waals surface area contributed by atoms with Gasteiger partial charge in [0.2, 0.25) is 0 Å². The highest BCUT2D eigenvalue weighted by molar-refractivity contribution is 5.83. The molecule has 29 heavy (non-hydrogen) atoms. The number of nitrogens with zero attached hydrogens (tertiary/aromatic N) is 3. The van der Waals surface area contributed by atoms with Crippen LogP contribution in [0.1, 0.15) is 38.2 Å². The molecule has 0 spiro atoms. The number of hydrogen-bond donors (Lipinski definition) is 1. The topological polar surface area (TPSA) is 106 Å². The maximum absolute atomic E-state index is 12.0. The summed E-state index contributed by atoms with van der Waals surface area (Å²) in [5.41, 5.74) is 1.12. The molecule has 2 atom stereocenters. The fourth-order valence-corrected chi connectivity index (χ4v) is 3.81. The van der Waals surface area contributed by atoms with E-state index in [1.54, 1.807) is 12.1 Å². The normalized spacial score (nSPS) is 22.4. The molecule has 1 aliphatic heterocycles. The van der Waals surface area contributed by atoms with Gasteiger partial charge in [0.05, 0.1) is 24.4 Å². The molecule has 2 fully saturated rings. The van der Waals surface area contributed by atoms with Crippen molar-refractivity contribution in [2.24, 2.45) is 11.1 Å². The first kappa shape index (κ1) is 21.0. The lowest BCUT2D eigenvalue weighted by Crippen LogP contribution is -2.42. The second kappa shape index (κ2) is 10.2. The number of ether oxygens (including phenoxy) is 1. The number of nitro groups is 1. The molecule has 1 heterocycles. The number of nitro benzene ring substituents is 1. The van der Waals surface area contributed by atoms with E-state index in [1.807, 2.05) is 4.90 Å². The monoisotopic (exact) mass is 404 g/mol. The van der Waals surface area contributed by atoms with Crippen molar-refractivity contribution in [2.45, 2.75) is 38.6 Å². The predicted octanol–water partition coefficient (Wildman–Crippen LogP) is 2.48. The summed E-state index contributed by atoms with van der Waals surface area (Å²) in [7, 11) is 0. The SMILES string of the molecule is C[C@H]1CCCC[C@H]1NC(=O)CO/N=C\c1ccc(N2CCOCC2)c([N+](=O)[O-])c1. The molecule has 1 N–H and O–H groups in total. The van der Waals surface area contributed by atoms with Gasteiger partial charge < -0.3 is 19.8 Å². The van der Waals surface area contributed by atoms with Crippen LogP contribution >= 0.6 is 0 Å². The minimum absolute atomic E-state index is 0.0138. The van der Waals surface area contributed by atoms with Gasteiger partial charge in [0.15, 0.2) is 6.61 Å². The van der Waals surface area contributed by atoms with Gasteiger partial charge in [0.25, 0.3) is 11.6 Å². The van der Waals surface area contributed by atoms with E-state index in [1.165, 1.54) is 18.7 Å². The van der Waals surface area contributed by atoms with Crippen molar-refractivity contribution in [3.63, 3.8) is 0 Å². The quantitative estimate of drug-likeness (QED) is 0.425. The van der Waals surface area contributed by atoms with E-state index in [-0.39, 0.29) is 24.2 Å². The third kappa shape index (κ3) is 5.90. The number of oxime groups is 1. The molecule has 0 unspecified atom stereocenters. The van der Waals surface area contributed by atoms with Crippen LogP contribution < -0.4 is 10.2 Å². The number of morpholine rings is 1. The number of carbonyl (C=O) groups excluding carboxylic acids is 1. The Labute approximate surface area is 170 Å². The smallest absolute Gasteiger partial charge is 0.293 e. The molecule has 0 aromatic heterocycles. The van der Waals surface area contributed by atoms with Crippen molar-refractivity contribution in [3.05, 3.63) is 33.9 Å². The van der Waals surface area contributed by atoms with E-state index in [2.05, 4.69) is 17.4 Å². The molecule has 0 radical (unpaired) electrons. The van der Waals surface area contributed by atoms with Crippen LogP contribution in [0.15, 0.2) is 23.4 Å². The number of carbonyl (C=O) groups is 1. The number of benzene rings is 1. The van der Waals surface area contributed by atoms with Crippen molar-refractivity contribution in [2.75, 3.05) is 37.8 Å². The molecule has 0 bridgehead atoms. The lowest BCUT2D eigenvalue weighted by Gasteiger charge is -2.29. The maximum atomic E-state index is 12.0. The summed E-state index contributed by atoms with van der Waals surface area (Å²) in [6.07, 6.45) is 5.85. The lowest BCUT2D eigenvalue weighted by molar-refractivity contribution is -0.384. The van der Waals surface area contributed by atoms with Crippen molar-refractivity contribution in [3.8, 4) is 0 Å². The van der Waals surface area contributed by atoms with Crippen LogP contribution in [-0.2, 0) is 14.4 Å². The second-order valence-corrected chi connectivity index (χ2v) is 7.55. The Morgan fingerprint density at radius 3 is 2.86 bits per heavy atom. The first-order chi connectivity index (χ1) is 14.0. The van der Waals surface area contributed by atoms with E-state index in [9.17, 15) is 14.9 Å². The van der Waals surface area contributed by atoms with Gasteiger partial charge in [0, 0.05) is 30.8 Å². The molecule has 1 aromatic carbocycles. The van der Waals surface area contributed by atoms with Crippen LogP contribution in [0.2, 0.25) is 0 Å². The molecule has 1 aromatic rings. The molecule has 1 saturated heterocycles. The Kier molecular flexibility index (Phi) is 7.40. The zero-order chi connectivity index (χ0) is 20.6. The summed E-state index contributed by atoms with van der Waals surface area (Å²) in [4.78, 5) is 30.1. The Balaban J connectivity index is 1.54. The maximum Gasteiger partial charge on any atom is 0.293 e. The van der Waals surface area contributed by atoms with E-state index in [4.69, 9.17) is 9.57 Å². The van der Waals surface area contributed by atoms with E-state index in [0.717, 1.165) is 19.3 Å². The fraction of sp³-hybridized carbons (Fsp3) is 0.600. The average molecular weight is 404 g/mol. The second-order valence-electron chi connectivity index (χ2n) is 7.55. The number of hydrogen-bond acceptors (Lipinski definition) is 7. The summed E-state index contributed by atoms with van der Waals surface area (Å²) in [5.74, 6) is 0.274. The zero-order valence-corrected chi connectivity index (χ0v) is 16.7. The Morgan fingerprint density at radius 2 is 2.14 bits per heavy atom. The highest BCUT2D eigenvalue weighted by Crippen LogP contribution is 2.29. The molecule has 2 aliphatic rings. The number of anilines is 1. The van der Waals surface area contributed by atoms with Gasteiger partial charge in [-0.3, -0.25) is 14.9 Å². The average Bonchev–Trinajstić information content (AvgIpc) is 2.73. The summed E-state index contributed by atoms with van der Waals surface area (Å²) in [6, 6.07) is 5.11. The molecule has 3 rings (SSSR count). The van der Waals surface area contributed by atoms with Crippen LogP contribution in [-0.4, -0.2) is 56.0 Å². The first-order valence-electron chi connectivity index (χ1n) is 10.1. The van der Waals surface area contributed by atoms with Crippen LogP contribution in [0.3, 0.4) is 0 Å². The lowest BCUT2D eigenvalue weighted by atomic mass is 9.86. The van der Waals surface area contributed by atoms with Crippen LogP contribution in [0, 0.1) is 16.0 Å². The Hall–Kier alpha value is -2.68. The summed E-state index contributed by atoms with van der Waals surface area (Å²) in [5, 5.41) is 18.3. The van der Waals surface area contributed by atoms with E-state index in [0.29, 0.717) is 43.5 Å². The standard InChI is InChI=1S/C20H28N4O5/c1-15-4-2-3-5-17(15)22-20(25)14-29-21-13-16-6-7-18(19(12-16)24(26)27)23-8-10-28-11-9-23/h6-7,12-13,15,17H,2-5,8-11,14H2,1H3,(H,22,25)/b21-13-/t15-,17+/m0/s1. The van der Waals surface area contributed by atoms with Gasteiger partial charge in [-0.1, -0.05) is 31.0 Å². The molecule has 1 aliphatic carbocycles. The minimum Gasteiger partial charge on any atom is -0.386 e. The van der Waals surface area contributed by atoms with E-state index >= 15 is 0 Å². The van der Waals surface area contributed by atoms with Crippen LogP contribution in [0.25, 0.3) is 0 Å². The highest BCUT2D eigenvalue weighted by atomic mass is 16.6. The van der Waals surface area contributed by atoms with Crippen LogP contribution in [0.4, 0.5) is 11.4 Å². The zero-order valence-electron chi connectivity index (χ0n) is 16.7. The van der Waals surface area contributed by atoms with Gasteiger partial charge in [0.1, 0.15) is 5.69 Å². The molecule has 9 nitrogen and oxygen atoms in total. The largest absolute Gasteiger partial charge is 0.386 e.